The fourth-order valence-electron chi connectivity index (χ4n) is 2.71. The molecule has 3 rings (SSSR count). The van der Waals surface area contributed by atoms with Gasteiger partial charge in [-0.3, -0.25) is 4.79 Å². The van der Waals surface area contributed by atoms with E-state index in [0.29, 0.717) is 11.5 Å². The van der Waals surface area contributed by atoms with Gasteiger partial charge in [0.15, 0.2) is 5.75 Å². The van der Waals surface area contributed by atoms with E-state index in [1.54, 1.807) is 13.0 Å². The van der Waals surface area contributed by atoms with Gasteiger partial charge in [-0.1, -0.05) is 0 Å². The van der Waals surface area contributed by atoms with Crippen molar-refractivity contribution >= 4 is 27.5 Å². The number of carbonyl (C=O) groups excluding carboxylic acids is 1. The van der Waals surface area contributed by atoms with Crippen LogP contribution in [0, 0.1) is 13.8 Å². The molecule has 22 heavy (non-hydrogen) atoms. The minimum Gasteiger partial charge on any atom is -0.456 e. The first-order valence-electron chi connectivity index (χ1n) is 6.69. The van der Waals surface area contributed by atoms with Crippen molar-refractivity contribution in [3.63, 3.8) is 0 Å². The molecule has 1 aromatic carbocycles. The molecule has 1 amide bonds. The Morgan fingerprint density at radius 3 is 2.68 bits per heavy atom. The number of benzene rings is 1. The maximum Gasteiger partial charge on any atom is 0.256 e. The number of amides is 1. The fraction of sp³-hybridized carbons (Fsp3) is 0.267. The number of fused-ring (bicyclic) bond motifs is 1. The van der Waals surface area contributed by atoms with E-state index in [0.717, 1.165) is 21.3 Å². The second-order valence-electron chi connectivity index (χ2n) is 5.43. The normalized spacial score (nSPS) is 22.6. The van der Waals surface area contributed by atoms with E-state index < -0.39 is 11.6 Å². The molecule has 0 aliphatic carbocycles. The number of primary amides is 1. The van der Waals surface area contributed by atoms with Crippen LogP contribution in [0.25, 0.3) is 0 Å². The topological polar surface area (TPSA) is 99.6 Å². The summed E-state index contributed by atoms with van der Waals surface area (Å²) in [6.45, 7) is 5.71. The zero-order valence-electron chi connectivity index (χ0n) is 12.4. The van der Waals surface area contributed by atoms with Gasteiger partial charge in [-0.25, -0.2) is 0 Å². The third-order valence-electron chi connectivity index (χ3n) is 3.85. The highest BCUT2D eigenvalue weighted by Crippen LogP contribution is 2.48. The van der Waals surface area contributed by atoms with Crippen molar-refractivity contribution in [1.82, 2.24) is 0 Å². The molecule has 0 saturated carbocycles. The number of carbonyl (C=O) groups is 1. The maximum atomic E-state index is 11.8. The van der Waals surface area contributed by atoms with Gasteiger partial charge in [0.2, 0.25) is 11.6 Å². The predicted molar refractivity (Wildman–Crippen MR) is 85.8 cm³/mol. The Labute approximate surface area is 136 Å². The Morgan fingerprint density at radius 2 is 2.05 bits per heavy atom. The van der Waals surface area contributed by atoms with Gasteiger partial charge in [0, 0.05) is 6.08 Å². The Morgan fingerprint density at radius 1 is 1.36 bits per heavy atom. The third kappa shape index (κ3) is 1.96. The summed E-state index contributed by atoms with van der Waals surface area (Å²) in [5, 5.41) is 3.20. The molecular weight excluding hydrogens is 350 g/mol. The van der Waals surface area contributed by atoms with Crippen molar-refractivity contribution in [2.45, 2.75) is 26.5 Å². The minimum absolute atomic E-state index is 0.0523. The summed E-state index contributed by atoms with van der Waals surface area (Å²) in [6.07, 6.45) is 1.65. The van der Waals surface area contributed by atoms with Crippen molar-refractivity contribution < 1.29 is 14.3 Å². The van der Waals surface area contributed by atoms with Crippen molar-refractivity contribution in [1.29, 1.82) is 0 Å². The quantitative estimate of drug-likeness (QED) is 0.707. The lowest BCUT2D eigenvalue weighted by Gasteiger charge is -2.31. The first-order chi connectivity index (χ1) is 10.2. The molecule has 2 heterocycles. The number of allylic oxidation sites excluding steroid dienone is 1. The van der Waals surface area contributed by atoms with E-state index in [1.807, 2.05) is 19.9 Å². The van der Waals surface area contributed by atoms with Crippen LogP contribution in [0.1, 0.15) is 18.1 Å². The van der Waals surface area contributed by atoms with Crippen molar-refractivity contribution in [3.8, 4) is 5.75 Å². The second kappa shape index (κ2) is 4.67. The molecular formula is C15H16BrN3O3. The number of ether oxygens (including phenoxy) is 2. The Bertz CT molecular complexity index is 770. The summed E-state index contributed by atoms with van der Waals surface area (Å²) in [5.74, 6) is 0.372. The van der Waals surface area contributed by atoms with E-state index >= 15 is 0 Å². The number of nitrogens with two attached hydrogens (primary N) is 2. The van der Waals surface area contributed by atoms with Gasteiger partial charge >= 0.3 is 0 Å². The van der Waals surface area contributed by atoms with E-state index in [4.69, 9.17) is 20.9 Å². The lowest BCUT2D eigenvalue weighted by Crippen LogP contribution is -2.48. The van der Waals surface area contributed by atoms with Gasteiger partial charge in [0.25, 0.3) is 5.91 Å². The number of rotatable bonds is 1. The zero-order valence-corrected chi connectivity index (χ0v) is 14.0. The first kappa shape index (κ1) is 14.8. The van der Waals surface area contributed by atoms with Crippen molar-refractivity contribution in [3.05, 3.63) is 45.0 Å². The molecule has 0 unspecified atom stereocenters. The Hall–Kier alpha value is -2.15. The summed E-state index contributed by atoms with van der Waals surface area (Å²) in [5.41, 5.74) is 13.0. The minimum atomic E-state index is -1.25. The first-order valence-corrected chi connectivity index (χ1v) is 7.48. The SMILES string of the molecule is CC1=C[C@]2(Nc3cc(C)c(C)c(Br)c3O2)C(C(N)=O)=C(N)O1. The van der Waals surface area contributed by atoms with E-state index in [1.165, 1.54) is 0 Å². The number of halogens is 1. The van der Waals surface area contributed by atoms with Gasteiger partial charge in [0.05, 0.1) is 10.2 Å². The molecule has 2 aliphatic rings. The summed E-state index contributed by atoms with van der Waals surface area (Å²) in [4.78, 5) is 11.8. The third-order valence-corrected chi connectivity index (χ3v) is 4.81. The van der Waals surface area contributed by atoms with Crippen LogP contribution in [0.4, 0.5) is 5.69 Å². The lowest BCUT2D eigenvalue weighted by molar-refractivity contribution is -0.116. The van der Waals surface area contributed by atoms with E-state index in [2.05, 4.69) is 21.2 Å². The molecule has 0 bridgehead atoms. The van der Waals surface area contributed by atoms with E-state index in [-0.39, 0.29) is 11.5 Å². The molecule has 1 aromatic rings. The molecule has 0 radical (unpaired) electrons. The number of anilines is 1. The summed E-state index contributed by atoms with van der Waals surface area (Å²) in [6, 6.07) is 1.96. The standard InChI is InChI=1S/C15H16BrN3O3/c1-6-4-9-12(11(16)8(6)3)22-15(19-9)5-7(2)21-14(18)10(15)13(17)20/h4-5,19H,18H2,1-3H3,(H2,17,20)/t15-/m1/s1. The number of hydrogen-bond donors (Lipinski definition) is 3. The van der Waals surface area contributed by atoms with Crippen LogP contribution >= 0.6 is 15.9 Å². The van der Waals surface area contributed by atoms with Gasteiger partial charge < -0.3 is 26.3 Å². The number of hydrogen-bond acceptors (Lipinski definition) is 5. The summed E-state index contributed by atoms with van der Waals surface area (Å²) < 4.78 is 12.2. The smallest absolute Gasteiger partial charge is 0.256 e. The number of aryl methyl sites for hydroxylation is 1. The van der Waals surface area contributed by atoms with Crippen molar-refractivity contribution in [2.75, 3.05) is 5.32 Å². The van der Waals surface area contributed by atoms with Crippen LogP contribution in [0.5, 0.6) is 5.75 Å². The predicted octanol–water partition coefficient (Wildman–Crippen LogP) is 2.16. The molecule has 0 aromatic heterocycles. The summed E-state index contributed by atoms with van der Waals surface area (Å²) >= 11 is 3.54. The zero-order chi connectivity index (χ0) is 16.2. The van der Waals surface area contributed by atoms with Crippen LogP contribution in [0.2, 0.25) is 0 Å². The maximum absolute atomic E-state index is 11.8. The molecule has 2 aliphatic heterocycles. The van der Waals surface area contributed by atoms with Crippen LogP contribution in [0.3, 0.4) is 0 Å². The van der Waals surface area contributed by atoms with Gasteiger partial charge in [-0.15, -0.1) is 0 Å². The Balaban J connectivity index is 2.19. The van der Waals surface area contributed by atoms with Gasteiger partial charge in [0.1, 0.15) is 11.3 Å². The lowest BCUT2D eigenvalue weighted by atomic mass is 9.99. The molecule has 5 N–H and O–H groups in total. The monoisotopic (exact) mass is 365 g/mol. The molecule has 0 fully saturated rings. The second-order valence-corrected chi connectivity index (χ2v) is 6.23. The largest absolute Gasteiger partial charge is 0.456 e. The van der Waals surface area contributed by atoms with E-state index in [9.17, 15) is 4.79 Å². The average molecular weight is 366 g/mol. The molecule has 1 spiro atoms. The van der Waals surface area contributed by atoms with Crippen molar-refractivity contribution in [2.24, 2.45) is 11.5 Å². The van der Waals surface area contributed by atoms with Gasteiger partial charge in [-0.2, -0.15) is 0 Å². The fourth-order valence-corrected chi connectivity index (χ4v) is 3.32. The molecule has 116 valence electrons. The average Bonchev–Trinajstić information content (AvgIpc) is 2.73. The molecule has 1 atom stereocenters. The van der Waals surface area contributed by atoms with Crippen LogP contribution in [-0.4, -0.2) is 11.6 Å². The Kier molecular flexibility index (Phi) is 3.14. The molecule has 0 saturated heterocycles. The van der Waals surface area contributed by atoms with Crippen LogP contribution in [0.15, 0.2) is 33.8 Å². The van der Waals surface area contributed by atoms with Gasteiger partial charge in [-0.05, 0) is 53.9 Å². The highest BCUT2D eigenvalue weighted by atomic mass is 79.9. The highest BCUT2D eigenvalue weighted by Gasteiger charge is 2.48. The molecule has 7 heteroatoms. The molecule has 6 nitrogen and oxygen atoms in total. The van der Waals surface area contributed by atoms with Crippen LogP contribution in [-0.2, 0) is 9.53 Å². The number of nitrogens with one attached hydrogen (secondary N) is 1. The van der Waals surface area contributed by atoms with Crippen LogP contribution < -0.4 is 21.5 Å². The summed E-state index contributed by atoms with van der Waals surface area (Å²) in [7, 11) is 0. The highest BCUT2D eigenvalue weighted by molar-refractivity contribution is 9.10.